The van der Waals surface area contributed by atoms with E-state index in [2.05, 4.69) is 12.6 Å². The van der Waals surface area contributed by atoms with Gasteiger partial charge in [-0.25, -0.2) is 4.79 Å². The van der Waals surface area contributed by atoms with Crippen molar-refractivity contribution in [2.75, 3.05) is 0 Å². The molecule has 3 heteroatoms. The SMILES string of the molecule is C=C(C(=O)OC(C)(C)C)c1ccccc1CC#N. The Bertz CT molecular complexity index is 504. The van der Waals surface area contributed by atoms with Crippen LogP contribution in [0.1, 0.15) is 31.9 Å². The summed E-state index contributed by atoms with van der Waals surface area (Å²) in [6.45, 7) is 9.18. The van der Waals surface area contributed by atoms with Crippen LogP contribution in [0.15, 0.2) is 30.8 Å². The van der Waals surface area contributed by atoms with E-state index < -0.39 is 11.6 Å². The van der Waals surface area contributed by atoms with Crippen LogP contribution in [-0.4, -0.2) is 11.6 Å². The maximum Gasteiger partial charge on any atom is 0.338 e. The number of esters is 1. The Morgan fingerprint density at radius 2 is 2.00 bits per heavy atom. The van der Waals surface area contributed by atoms with Gasteiger partial charge in [0.1, 0.15) is 5.60 Å². The highest BCUT2D eigenvalue weighted by molar-refractivity contribution is 6.16. The third-order valence-corrected chi connectivity index (χ3v) is 2.26. The van der Waals surface area contributed by atoms with Gasteiger partial charge in [0.2, 0.25) is 0 Å². The first kappa shape index (κ1) is 14.0. The number of carbonyl (C=O) groups is 1. The Morgan fingerprint density at radius 3 is 2.56 bits per heavy atom. The van der Waals surface area contributed by atoms with Crippen molar-refractivity contribution in [3.05, 3.63) is 42.0 Å². The molecule has 0 amide bonds. The number of nitrogens with zero attached hydrogens (tertiary/aromatic N) is 1. The Balaban J connectivity index is 2.98. The Morgan fingerprint density at radius 1 is 1.39 bits per heavy atom. The molecule has 3 nitrogen and oxygen atoms in total. The zero-order valence-corrected chi connectivity index (χ0v) is 11.0. The molecule has 0 unspecified atom stereocenters. The van der Waals surface area contributed by atoms with E-state index >= 15 is 0 Å². The largest absolute Gasteiger partial charge is 0.456 e. The van der Waals surface area contributed by atoms with Crippen LogP contribution in [0, 0.1) is 11.3 Å². The molecule has 0 aliphatic heterocycles. The number of hydrogen-bond acceptors (Lipinski definition) is 3. The van der Waals surface area contributed by atoms with E-state index in [1.807, 2.05) is 18.2 Å². The van der Waals surface area contributed by atoms with Gasteiger partial charge in [-0.2, -0.15) is 5.26 Å². The number of ether oxygens (including phenoxy) is 1. The minimum Gasteiger partial charge on any atom is -0.456 e. The molecular formula is C15H17NO2. The summed E-state index contributed by atoms with van der Waals surface area (Å²) < 4.78 is 5.27. The lowest BCUT2D eigenvalue weighted by Gasteiger charge is -2.20. The third-order valence-electron chi connectivity index (χ3n) is 2.26. The molecule has 0 heterocycles. The van der Waals surface area contributed by atoms with Crippen molar-refractivity contribution in [2.24, 2.45) is 0 Å². The molecule has 0 atom stereocenters. The Hall–Kier alpha value is -2.08. The topological polar surface area (TPSA) is 50.1 Å². The van der Waals surface area contributed by atoms with Gasteiger partial charge in [0.15, 0.2) is 0 Å². The Labute approximate surface area is 108 Å². The molecule has 0 fully saturated rings. The summed E-state index contributed by atoms with van der Waals surface area (Å²) in [6.07, 6.45) is 0.248. The molecule has 18 heavy (non-hydrogen) atoms. The molecule has 0 bridgehead atoms. The zero-order chi connectivity index (χ0) is 13.8. The molecule has 0 radical (unpaired) electrons. The molecular weight excluding hydrogens is 226 g/mol. The lowest BCUT2D eigenvalue weighted by atomic mass is 9.99. The molecule has 94 valence electrons. The second kappa shape index (κ2) is 5.50. The predicted molar refractivity (Wildman–Crippen MR) is 70.6 cm³/mol. The van der Waals surface area contributed by atoms with Crippen LogP contribution in [-0.2, 0) is 16.0 Å². The van der Waals surface area contributed by atoms with E-state index in [0.717, 1.165) is 5.56 Å². The molecule has 1 aromatic rings. The summed E-state index contributed by atoms with van der Waals surface area (Å²) >= 11 is 0. The van der Waals surface area contributed by atoms with Crippen LogP contribution in [0.3, 0.4) is 0 Å². The minimum atomic E-state index is -0.551. The maximum absolute atomic E-state index is 11.9. The summed E-state index contributed by atoms with van der Waals surface area (Å²) in [7, 11) is 0. The fourth-order valence-electron chi connectivity index (χ4n) is 1.50. The summed E-state index contributed by atoms with van der Waals surface area (Å²) in [5.41, 5.74) is 1.20. The molecule has 1 aromatic carbocycles. The standard InChI is InChI=1S/C15H17NO2/c1-11(14(17)18-15(2,3)4)13-8-6-5-7-12(13)9-10-16/h5-8H,1,9H2,2-4H3. The van der Waals surface area contributed by atoms with Gasteiger partial charge in [0.05, 0.1) is 18.1 Å². The van der Waals surface area contributed by atoms with Gasteiger partial charge < -0.3 is 4.74 Å². The van der Waals surface area contributed by atoms with Gasteiger partial charge in [-0.3, -0.25) is 0 Å². The second-order valence-corrected chi connectivity index (χ2v) is 4.97. The van der Waals surface area contributed by atoms with Crippen molar-refractivity contribution in [3.8, 4) is 6.07 Å². The van der Waals surface area contributed by atoms with Crippen LogP contribution in [0.5, 0.6) is 0 Å². The quantitative estimate of drug-likeness (QED) is 0.605. The van der Waals surface area contributed by atoms with Gasteiger partial charge in [-0.1, -0.05) is 30.8 Å². The smallest absolute Gasteiger partial charge is 0.338 e. The number of benzene rings is 1. The summed E-state index contributed by atoms with van der Waals surface area (Å²) in [5, 5.41) is 8.76. The first-order valence-electron chi connectivity index (χ1n) is 5.72. The molecule has 0 saturated carbocycles. The average Bonchev–Trinajstić information content (AvgIpc) is 2.27. The van der Waals surface area contributed by atoms with Gasteiger partial charge in [-0.05, 0) is 31.9 Å². The molecule has 0 N–H and O–H groups in total. The summed E-state index contributed by atoms with van der Waals surface area (Å²) in [5.74, 6) is -0.451. The minimum absolute atomic E-state index is 0.248. The van der Waals surface area contributed by atoms with Crippen molar-refractivity contribution >= 4 is 11.5 Å². The first-order chi connectivity index (χ1) is 8.35. The maximum atomic E-state index is 11.9. The van der Waals surface area contributed by atoms with Gasteiger partial charge in [0.25, 0.3) is 0 Å². The van der Waals surface area contributed by atoms with Crippen LogP contribution in [0.25, 0.3) is 5.57 Å². The fraction of sp³-hybridized carbons (Fsp3) is 0.333. The van der Waals surface area contributed by atoms with Crippen molar-refractivity contribution < 1.29 is 9.53 Å². The van der Waals surface area contributed by atoms with Gasteiger partial charge in [0, 0.05) is 0 Å². The van der Waals surface area contributed by atoms with Gasteiger partial charge >= 0.3 is 5.97 Å². The van der Waals surface area contributed by atoms with E-state index in [1.165, 1.54) is 0 Å². The van der Waals surface area contributed by atoms with Crippen LogP contribution < -0.4 is 0 Å². The van der Waals surface area contributed by atoms with E-state index in [9.17, 15) is 4.79 Å². The second-order valence-electron chi connectivity index (χ2n) is 4.97. The number of carbonyl (C=O) groups excluding carboxylic acids is 1. The molecule has 0 aliphatic carbocycles. The highest BCUT2D eigenvalue weighted by atomic mass is 16.6. The van der Waals surface area contributed by atoms with Crippen LogP contribution in [0.4, 0.5) is 0 Å². The lowest BCUT2D eigenvalue weighted by molar-refractivity contribution is -0.147. The van der Waals surface area contributed by atoms with Crippen molar-refractivity contribution in [2.45, 2.75) is 32.8 Å². The highest BCUT2D eigenvalue weighted by Gasteiger charge is 2.20. The molecule has 0 spiro atoms. The molecule has 0 aliphatic rings. The number of rotatable bonds is 3. The van der Waals surface area contributed by atoms with Crippen LogP contribution in [0.2, 0.25) is 0 Å². The van der Waals surface area contributed by atoms with Crippen LogP contribution >= 0.6 is 0 Å². The lowest BCUT2D eigenvalue weighted by Crippen LogP contribution is -2.24. The van der Waals surface area contributed by atoms with E-state index in [-0.39, 0.29) is 12.0 Å². The Kier molecular flexibility index (Phi) is 4.28. The first-order valence-corrected chi connectivity index (χ1v) is 5.72. The van der Waals surface area contributed by atoms with E-state index in [1.54, 1.807) is 26.8 Å². The van der Waals surface area contributed by atoms with Crippen molar-refractivity contribution in [1.82, 2.24) is 0 Å². The zero-order valence-electron chi connectivity index (χ0n) is 11.0. The monoisotopic (exact) mass is 243 g/mol. The molecule has 0 saturated heterocycles. The fourth-order valence-corrected chi connectivity index (χ4v) is 1.50. The summed E-state index contributed by atoms with van der Waals surface area (Å²) in [6, 6.07) is 9.31. The number of nitriles is 1. The molecule has 1 rings (SSSR count). The molecule has 0 aromatic heterocycles. The highest BCUT2D eigenvalue weighted by Crippen LogP contribution is 2.21. The van der Waals surface area contributed by atoms with Crippen molar-refractivity contribution in [1.29, 1.82) is 5.26 Å². The number of hydrogen-bond donors (Lipinski definition) is 0. The van der Waals surface area contributed by atoms with Crippen molar-refractivity contribution in [3.63, 3.8) is 0 Å². The average molecular weight is 243 g/mol. The van der Waals surface area contributed by atoms with E-state index in [4.69, 9.17) is 10.00 Å². The third kappa shape index (κ3) is 3.74. The van der Waals surface area contributed by atoms with Gasteiger partial charge in [-0.15, -0.1) is 0 Å². The normalized spacial score (nSPS) is 10.6. The predicted octanol–water partition coefficient (Wildman–Crippen LogP) is 3.11. The summed E-state index contributed by atoms with van der Waals surface area (Å²) in [4.78, 5) is 11.9. The van der Waals surface area contributed by atoms with E-state index in [0.29, 0.717) is 5.56 Å².